The molecule has 5 nitrogen and oxygen atoms in total. The Labute approximate surface area is 169 Å². The zero-order chi connectivity index (χ0) is 20.3. The highest BCUT2D eigenvalue weighted by molar-refractivity contribution is 7.90. The number of nitrogens with zero attached hydrogens (tertiary/aromatic N) is 1. The lowest BCUT2D eigenvalue weighted by atomic mass is 9.93. The molecule has 0 unspecified atom stereocenters. The fraction of sp³-hybridized carbons (Fsp3) is 0.450. The zero-order valence-corrected chi connectivity index (χ0v) is 17.4. The van der Waals surface area contributed by atoms with Crippen molar-refractivity contribution in [2.45, 2.75) is 56.9 Å². The predicted octanol–water partition coefficient (Wildman–Crippen LogP) is 4.44. The Hall–Kier alpha value is -1.95. The maximum absolute atomic E-state index is 14.6. The van der Waals surface area contributed by atoms with Gasteiger partial charge in [-0.15, -0.1) is 11.3 Å². The van der Waals surface area contributed by atoms with Crippen molar-refractivity contribution in [2.24, 2.45) is 0 Å². The predicted molar refractivity (Wildman–Crippen MR) is 108 cm³/mol. The van der Waals surface area contributed by atoms with Gasteiger partial charge in [0, 0.05) is 16.5 Å². The second kappa shape index (κ2) is 8.60. The molecule has 1 heterocycles. The van der Waals surface area contributed by atoms with Gasteiger partial charge < -0.3 is 4.74 Å². The van der Waals surface area contributed by atoms with Crippen molar-refractivity contribution >= 4 is 21.4 Å². The molecule has 3 rings (SSSR count). The normalized spacial score (nSPS) is 20.1. The van der Waals surface area contributed by atoms with Crippen LogP contribution in [0.4, 0.5) is 4.39 Å². The second-order valence-corrected chi connectivity index (χ2v) is 10.5. The number of halogens is 1. The highest BCUT2D eigenvalue weighted by atomic mass is 32.2. The molecule has 1 aliphatic rings. The first-order valence-electron chi connectivity index (χ1n) is 9.28. The Bertz CT molecular complexity index is 980. The number of nitriles is 1. The lowest BCUT2D eigenvalue weighted by Crippen LogP contribution is -2.49. The minimum atomic E-state index is -3.40. The van der Waals surface area contributed by atoms with E-state index in [9.17, 15) is 12.8 Å². The first kappa shape index (κ1) is 20.8. The van der Waals surface area contributed by atoms with Crippen LogP contribution in [-0.4, -0.2) is 25.8 Å². The zero-order valence-electron chi connectivity index (χ0n) is 15.8. The first-order chi connectivity index (χ1) is 13.3. The van der Waals surface area contributed by atoms with Crippen LogP contribution in [0.15, 0.2) is 30.3 Å². The van der Waals surface area contributed by atoms with Gasteiger partial charge in [0.2, 0.25) is 10.0 Å². The molecule has 1 aromatic heterocycles. The minimum absolute atomic E-state index is 0.320. The van der Waals surface area contributed by atoms with E-state index >= 15 is 0 Å². The number of nitrogens with one attached hydrogen (secondary N) is 1. The van der Waals surface area contributed by atoms with E-state index in [1.54, 1.807) is 38.1 Å². The number of thiophene rings is 1. The third kappa shape index (κ3) is 4.72. The Morgan fingerprint density at radius 2 is 2.00 bits per heavy atom. The third-order valence-electron chi connectivity index (χ3n) is 4.85. The lowest BCUT2D eigenvalue weighted by Gasteiger charge is -2.32. The van der Waals surface area contributed by atoms with Crippen molar-refractivity contribution in [3.63, 3.8) is 0 Å². The van der Waals surface area contributed by atoms with Crippen LogP contribution < -0.4 is 9.46 Å². The highest BCUT2D eigenvalue weighted by Gasteiger charge is 2.31. The molecule has 1 aromatic carbocycles. The van der Waals surface area contributed by atoms with Gasteiger partial charge >= 0.3 is 0 Å². The monoisotopic (exact) mass is 422 g/mol. The van der Waals surface area contributed by atoms with Gasteiger partial charge in [0.15, 0.2) is 0 Å². The molecule has 28 heavy (non-hydrogen) atoms. The van der Waals surface area contributed by atoms with Crippen molar-refractivity contribution in [1.82, 2.24) is 4.72 Å². The summed E-state index contributed by atoms with van der Waals surface area (Å²) in [7, 11) is -3.40. The highest BCUT2D eigenvalue weighted by Crippen LogP contribution is 2.33. The van der Waals surface area contributed by atoms with Crippen molar-refractivity contribution in [3.05, 3.63) is 41.0 Å². The van der Waals surface area contributed by atoms with E-state index in [0.29, 0.717) is 33.9 Å². The van der Waals surface area contributed by atoms with E-state index in [1.165, 1.54) is 17.4 Å². The average molecular weight is 423 g/mol. The summed E-state index contributed by atoms with van der Waals surface area (Å²) in [6.45, 7) is 3.27. The number of rotatable bonds is 6. The number of benzene rings is 1. The molecular weight excluding hydrogens is 399 g/mol. The number of sulfonamides is 1. The maximum Gasteiger partial charge on any atom is 0.214 e. The van der Waals surface area contributed by atoms with E-state index < -0.39 is 21.1 Å². The molecule has 0 bridgehead atoms. The number of ether oxygens (including phenoxy) is 1. The van der Waals surface area contributed by atoms with E-state index in [4.69, 9.17) is 10.00 Å². The minimum Gasteiger partial charge on any atom is -0.489 e. The topological polar surface area (TPSA) is 79.2 Å². The van der Waals surface area contributed by atoms with Gasteiger partial charge in [-0.3, -0.25) is 0 Å². The van der Waals surface area contributed by atoms with E-state index in [1.807, 2.05) is 6.07 Å². The van der Waals surface area contributed by atoms with Gasteiger partial charge in [-0.05, 0) is 57.4 Å². The summed E-state index contributed by atoms with van der Waals surface area (Å²) in [6.07, 6.45) is 2.95. The molecule has 0 saturated heterocycles. The molecule has 1 saturated carbocycles. The van der Waals surface area contributed by atoms with Crippen LogP contribution in [0.3, 0.4) is 0 Å². The van der Waals surface area contributed by atoms with Crippen molar-refractivity contribution in [2.75, 3.05) is 0 Å². The molecule has 1 aliphatic carbocycles. The molecular formula is C20H23FN2O3S2. The van der Waals surface area contributed by atoms with E-state index in [0.717, 1.165) is 12.8 Å². The third-order valence-corrected chi connectivity index (χ3v) is 7.74. The standard InChI is InChI=1S/C20H23FN2O3S2/c1-13(2)28(24,25)23-18-5-3-4-6-19(18)26-14-7-9-16(17(21)11-14)20-10-8-15(12-22)27-20/h7-11,13,18-19,23H,3-6H2,1-2H3/t18-,19+/m0/s1. The fourth-order valence-corrected chi connectivity index (χ4v) is 5.00. The molecule has 8 heteroatoms. The van der Waals surface area contributed by atoms with Crippen LogP contribution in [0.5, 0.6) is 5.75 Å². The first-order valence-corrected chi connectivity index (χ1v) is 11.6. The SMILES string of the molecule is CC(C)S(=O)(=O)N[C@H]1CCCC[C@H]1Oc1ccc(-c2ccc(C#N)s2)c(F)c1. The van der Waals surface area contributed by atoms with Crippen molar-refractivity contribution in [3.8, 4) is 22.3 Å². The Morgan fingerprint density at radius 3 is 2.64 bits per heavy atom. The smallest absolute Gasteiger partial charge is 0.214 e. The summed E-state index contributed by atoms with van der Waals surface area (Å²) in [5.41, 5.74) is 0.416. The Kier molecular flexibility index (Phi) is 6.38. The molecule has 2 aromatic rings. The summed E-state index contributed by atoms with van der Waals surface area (Å²) in [5.74, 6) is -0.0575. The van der Waals surface area contributed by atoms with Crippen LogP contribution in [0.2, 0.25) is 0 Å². The van der Waals surface area contributed by atoms with Gasteiger partial charge in [-0.2, -0.15) is 5.26 Å². The molecule has 0 amide bonds. The van der Waals surface area contributed by atoms with Crippen LogP contribution in [-0.2, 0) is 10.0 Å². The van der Waals surface area contributed by atoms with Gasteiger partial charge in [-0.25, -0.2) is 17.5 Å². The summed E-state index contributed by atoms with van der Waals surface area (Å²) in [6, 6.07) is 9.76. The molecule has 150 valence electrons. The van der Waals surface area contributed by atoms with Gasteiger partial charge in [0.25, 0.3) is 0 Å². The van der Waals surface area contributed by atoms with Crippen molar-refractivity contribution < 1.29 is 17.5 Å². The summed E-state index contributed by atoms with van der Waals surface area (Å²) in [5, 5.41) is 8.41. The van der Waals surface area contributed by atoms with E-state index in [-0.39, 0.29) is 12.1 Å². The van der Waals surface area contributed by atoms with Gasteiger partial charge in [0.05, 0.1) is 11.3 Å². The number of hydrogen-bond acceptors (Lipinski definition) is 5. The van der Waals surface area contributed by atoms with Crippen LogP contribution in [0.25, 0.3) is 10.4 Å². The van der Waals surface area contributed by atoms with E-state index in [2.05, 4.69) is 4.72 Å². The number of hydrogen-bond donors (Lipinski definition) is 1. The molecule has 1 N–H and O–H groups in total. The molecule has 0 aliphatic heterocycles. The average Bonchev–Trinajstić information content (AvgIpc) is 3.12. The van der Waals surface area contributed by atoms with Gasteiger partial charge in [-0.1, -0.05) is 6.42 Å². The van der Waals surface area contributed by atoms with Crippen molar-refractivity contribution in [1.29, 1.82) is 5.26 Å². The summed E-state index contributed by atoms with van der Waals surface area (Å²) < 4.78 is 47.8. The molecule has 0 spiro atoms. The lowest BCUT2D eigenvalue weighted by molar-refractivity contribution is 0.124. The van der Waals surface area contributed by atoms with Crippen LogP contribution in [0, 0.1) is 17.1 Å². The fourth-order valence-electron chi connectivity index (χ4n) is 3.21. The van der Waals surface area contributed by atoms with Crippen LogP contribution in [0.1, 0.15) is 44.4 Å². The van der Waals surface area contributed by atoms with Crippen LogP contribution >= 0.6 is 11.3 Å². The largest absolute Gasteiger partial charge is 0.489 e. The summed E-state index contributed by atoms with van der Waals surface area (Å²) >= 11 is 1.23. The Morgan fingerprint density at radius 1 is 1.25 bits per heavy atom. The maximum atomic E-state index is 14.6. The quantitative estimate of drug-likeness (QED) is 0.746. The Balaban J connectivity index is 1.76. The molecule has 1 fully saturated rings. The van der Waals surface area contributed by atoms with Gasteiger partial charge in [0.1, 0.15) is 28.6 Å². The molecule has 0 radical (unpaired) electrons. The summed E-state index contributed by atoms with van der Waals surface area (Å²) in [4.78, 5) is 1.21. The molecule has 2 atom stereocenters. The second-order valence-electron chi connectivity index (χ2n) is 7.18.